The average molecular weight is 479 g/mol. The Morgan fingerprint density at radius 3 is 2.54 bits per heavy atom. The minimum Gasteiger partial charge on any atom is -0.366 e. The van der Waals surface area contributed by atoms with E-state index in [4.69, 9.17) is 4.98 Å². The summed E-state index contributed by atoms with van der Waals surface area (Å²) >= 11 is 0. The van der Waals surface area contributed by atoms with E-state index in [0.29, 0.717) is 23.6 Å². The first-order chi connectivity index (χ1) is 16.8. The molecule has 1 aliphatic carbocycles. The molecule has 0 radical (unpaired) electrons. The molecule has 0 bridgehead atoms. The number of allylic oxidation sites excluding steroid dienone is 1. The first kappa shape index (κ1) is 23.6. The summed E-state index contributed by atoms with van der Waals surface area (Å²) in [6, 6.07) is 8.97. The Morgan fingerprint density at radius 2 is 1.83 bits per heavy atom. The fourth-order valence-electron chi connectivity index (χ4n) is 4.89. The second kappa shape index (κ2) is 9.49. The number of piperidine rings is 1. The van der Waals surface area contributed by atoms with Crippen LogP contribution in [-0.2, 0) is 0 Å². The van der Waals surface area contributed by atoms with Gasteiger partial charge in [-0.15, -0.1) is 0 Å². The zero-order chi connectivity index (χ0) is 24.6. The summed E-state index contributed by atoms with van der Waals surface area (Å²) in [6.07, 6.45) is 7.19. The van der Waals surface area contributed by atoms with Gasteiger partial charge in [0.1, 0.15) is 11.6 Å². The summed E-state index contributed by atoms with van der Waals surface area (Å²) in [5.74, 6) is -1.41. The third kappa shape index (κ3) is 5.42. The molecule has 3 heterocycles. The van der Waals surface area contributed by atoms with Crippen LogP contribution in [-0.4, -0.2) is 50.9 Å². The minimum atomic E-state index is -2.57. The summed E-state index contributed by atoms with van der Waals surface area (Å²) in [7, 11) is 0. The zero-order valence-corrected chi connectivity index (χ0v) is 20.3. The highest BCUT2D eigenvalue weighted by molar-refractivity contribution is 5.88. The number of halogens is 2. The van der Waals surface area contributed by atoms with Crippen LogP contribution in [0.4, 0.5) is 20.4 Å². The predicted molar refractivity (Wildman–Crippen MR) is 137 cm³/mol. The first-order valence-electron chi connectivity index (χ1n) is 12.3. The average Bonchev–Trinajstić information content (AvgIpc) is 2.82. The molecule has 3 aromatic rings. The smallest absolute Gasteiger partial charge is 0.249 e. The molecule has 2 aliphatic rings. The molecule has 1 aromatic carbocycles. The van der Waals surface area contributed by atoms with Crippen LogP contribution in [0.5, 0.6) is 0 Å². The number of hydrogen-bond acceptors (Lipinski definition) is 6. The van der Waals surface area contributed by atoms with Gasteiger partial charge in [0.2, 0.25) is 5.92 Å². The summed E-state index contributed by atoms with van der Waals surface area (Å²) in [5, 5.41) is 8.64. The normalized spacial score (nSPS) is 19.0. The SMILES string of the molecule is C=C(Nc1cc2cc(-c3cncc(NC4CCN(C(C)C)CC4)n3)ccc2cn1)C1CC(F)(F)C1. The third-order valence-electron chi connectivity index (χ3n) is 7.14. The Bertz CT molecular complexity index is 1210. The Kier molecular flexibility index (Phi) is 6.40. The molecule has 6 nitrogen and oxygen atoms in total. The number of nitrogens with zero attached hydrogens (tertiary/aromatic N) is 4. The fourth-order valence-corrected chi connectivity index (χ4v) is 4.89. The number of aromatic nitrogens is 3. The van der Waals surface area contributed by atoms with Crippen molar-refractivity contribution in [3.8, 4) is 11.3 Å². The largest absolute Gasteiger partial charge is 0.366 e. The number of benzene rings is 1. The number of hydrogen-bond donors (Lipinski definition) is 2. The summed E-state index contributed by atoms with van der Waals surface area (Å²) in [6.45, 7) is 10.6. The van der Waals surface area contributed by atoms with E-state index in [1.807, 2.05) is 18.2 Å². The second-order valence-electron chi connectivity index (χ2n) is 10.1. The van der Waals surface area contributed by atoms with Gasteiger partial charge in [0.25, 0.3) is 0 Å². The number of alkyl halides is 2. The lowest BCUT2D eigenvalue weighted by molar-refractivity contribution is -0.0988. The maximum absolute atomic E-state index is 13.2. The van der Waals surface area contributed by atoms with Crippen molar-refractivity contribution in [1.29, 1.82) is 0 Å². The highest BCUT2D eigenvalue weighted by atomic mass is 19.3. The maximum Gasteiger partial charge on any atom is 0.249 e. The molecule has 2 N–H and O–H groups in total. The van der Waals surface area contributed by atoms with Crippen LogP contribution in [0.15, 0.2) is 55.1 Å². The summed E-state index contributed by atoms with van der Waals surface area (Å²) in [5.41, 5.74) is 2.34. The van der Waals surface area contributed by atoms with Crippen molar-refractivity contribution in [2.75, 3.05) is 23.7 Å². The summed E-state index contributed by atoms with van der Waals surface area (Å²) < 4.78 is 26.4. The quantitative estimate of drug-likeness (QED) is 0.438. The van der Waals surface area contributed by atoms with Gasteiger partial charge in [0, 0.05) is 66.8 Å². The van der Waals surface area contributed by atoms with Gasteiger partial charge < -0.3 is 15.5 Å². The number of anilines is 2. The van der Waals surface area contributed by atoms with Crippen molar-refractivity contribution in [2.24, 2.45) is 5.92 Å². The Morgan fingerprint density at radius 1 is 1.06 bits per heavy atom. The molecule has 0 spiro atoms. The highest BCUT2D eigenvalue weighted by Crippen LogP contribution is 2.45. The number of fused-ring (bicyclic) bond motifs is 1. The van der Waals surface area contributed by atoms with Crippen molar-refractivity contribution < 1.29 is 8.78 Å². The Balaban J connectivity index is 1.28. The number of pyridine rings is 1. The molecule has 1 saturated heterocycles. The molecular weight excluding hydrogens is 446 g/mol. The van der Waals surface area contributed by atoms with Gasteiger partial charge in [0.15, 0.2) is 0 Å². The van der Waals surface area contributed by atoms with Crippen LogP contribution in [0.1, 0.15) is 39.5 Å². The molecule has 2 fully saturated rings. The van der Waals surface area contributed by atoms with Crippen LogP contribution >= 0.6 is 0 Å². The second-order valence-corrected chi connectivity index (χ2v) is 10.1. The number of likely N-dealkylation sites (tertiary alicyclic amines) is 1. The van der Waals surface area contributed by atoms with E-state index in [-0.39, 0.29) is 18.8 Å². The lowest BCUT2D eigenvalue weighted by Crippen LogP contribution is -2.42. The van der Waals surface area contributed by atoms with Crippen LogP contribution in [0, 0.1) is 5.92 Å². The first-order valence-corrected chi connectivity index (χ1v) is 12.3. The standard InChI is InChI=1S/C27H32F2N6/c1-17(2)35-8-6-23(7-9-35)33-26-16-30-15-24(34-26)19-4-5-20-14-31-25(11-21(20)10-19)32-18(3)22-12-27(28,29)13-22/h4-5,10-11,14-17,22-23H,3,6-9,12-13H2,1-2H3,(H,31,32)(H,33,34). The van der Waals surface area contributed by atoms with Crippen molar-refractivity contribution >= 4 is 22.4 Å². The van der Waals surface area contributed by atoms with Crippen molar-refractivity contribution in [2.45, 2.75) is 57.5 Å². The van der Waals surface area contributed by atoms with Gasteiger partial charge >= 0.3 is 0 Å². The number of rotatable bonds is 7. The van der Waals surface area contributed by atoms with Gasteiger partial charge in [-0.1, -0.05) is 18.7 Å². The van der Waals surface area contributed by atoms with Crippen molar-refractivity contribution in [3.63, 3.8) is 0 Å². The van der Waals surface area contributed by atoms with Crippen LogP contribution in [0.25, 0.3) is 22.0 Å². The van der Waals surface area contributed by atoms with Gasteiger partial charge in [-0.2, -0.15) is 0 Å². The van der Waals surface area contributed by atoms with E-state index < -0.39 is 5.92 Å². The van der Waals surface area contributed by atoms with E-state index >= 15 is 0 Å². The van der Waals surface area contributed by atoms with Gasteiger partial charge in [-0.05, 0) is 44.2 Å². The molecule has 1 saturated carbocycles. The molecule has 8 heteroatoms. The molecule has 1 aliphatic heterocycles. The van der Waals surface area contributed by atoms with Crippen LogP contribution < -0.4 is 10.6 Å². The molecule has 0 amide bonds. The molecule has 35 heavy (non-hydrogen) atoms. The highest BCUT2D eigenvalue weighted by Gasteiger charge is 2.46. The monoisotopic (exact) mass is 478 g/mol. The van der Waals surface area contributed by atoms with Gasteiger partial charge in [-0.3, -0.25) is 4.98 Å². The Labute approximate surface area is 204 Å². The lowest BCUT2D eigenvalue weighted by Gasteiger charge is -2.36. The molecular formula is C27H32F2N6. The van der Waals surface area contributed by atoms with Crippen LogP contribution in [0.2, 0.25) is 0 Å². The molecule has 0 unspecified atom stereocenters. The van der Waals surface area contributed by atoms with E-state index in [1.165, 1.54) is 0 Å². The minimum absolute atomic E-state index is 0.156. The van der Waals surface area contributed by atoms with E-state index in [9.17, 15) is 8.78 Å². The van der Waals surface area contributed by atoms with Crippen molar-refractivity contribution in [3.05, 3.63) is 55.1 Å². The summed E-state index contributed by atoms with van der Waals surface area (Å²) in [4.78, 5) is 16.2. The topological polar surface area (TPSA) is 66.0 Å². The molecule has 5 rings (SSSR count). The van der Waals surface area contributed by atoms with Gasteiger partial charge in [-0.25, -0.2) is 18.7 Å². The van der Waals surface area contributed by atoms with Gasteiger partial charge in [0.05, 0.1) is 18.1 Å². The predicted octanol–water partition coefficient (Wildman–Crippen LogP) is 5.95. The van der Waals surface area contributed by atoms with E-state index in [2.05, 4.69) is 52.0 Å². The Hall–Kier alpha value is -3.13. The molecule has 2 aromatic heterocycles. The lowest BCUT2D eigenvalue weighted by atomic mass is 9.79. The zero-order valence-electron chi connectivity index (χ0n) is 20.3. The third-order valence-corrected chi connectivity index (χ3v) is 7.14. The van der Waals surface area contributed by atoms with E-state index in [0.717, 1.165) is 53.8 Å². The molecule has 184 valence electrons. The molecule has 0 atom stereocenters. The van der Waals surface area contributed by atoms with Crippen molar-refractivity contribution in [1.82, 2.24) is 19.9 Å². The fraction of sp³-hybridized carbons (Fsp3) is 0.444. The number of nitrogens with one attached hydrogen (secondary N) is 2. The van der Waals surface area contributed by atoms with Crippen LogP contribution in [0.3, 0.4) is 0 Å². The maximum atomic E-state index is 13.2. The van der Waals surface area contributed by atoms with E-state index in [1.54, 1.807) is 18.6 Å².